The summed E-state index contributed by atoms with van der Waals surface area (Å²) in [6, 6.07) is -0.605. The molecule has 0 aromatic rings. The third kappa shape index (κ3) is 2.37. The van der Waals surface area contributed by atoms with Crippen molar-refractivity contribution in [3.63, 3.8) is 0 Å². The number of ether oxygens (including phenoxy) is 1. The number of hydrogen-bond acceptors (Lipinski definition) is 3. The lowest BCUT2D eigenvalue weighted by Crippen LogP contribution is -2.56. The number of amides is 1. The first-order chi connectivity index (χ1) is 6.31. The van der Waals surface area contributed by atoms with E-state index in [2.05, 4.69) is 0 Å². The lowest BCUT2D eigenvalue weighted by molar-refractivity contribution is -0.164. The van der Waals surface area contributed by atoms with Crippen molar-refractivity contribution in [3.8, 4) is 0 Å². The van der Waals surface area contributed by atoms with E-state index >= 15 is 0 Å². The molecule has 0 radical (unpaired) electrons. The highest BCUT2D eigenvalue weighted by Crippen LogP contribution is 2.21. The van der Waals surface area contributed by atoms with Crippen molar-refractivity contribution >= 4 is 12.1 Å². The largest absolute Gasteiger partial charge is 0.465 e. The van der Waals surface area contributed by atoms with E-state index in [4.69, 9.17) is 9.84 Å². The van der Waals surface area contributed by atoms with Crippen LogP contribution in [0.2, 0.25) is 0 Å². The predicted molar refractivity (Wildman–Crippen MR) is 49.0 cm³/mol. The molecule has 0 spiro atoms. The molecular formula is C9H15NO4. The van der Waals surface area contributed by atoms with Crippen LogP contribution in [0.3, 0.4) is 0 Å². The summed E-state index contributed by atoms with van der Waals surface area (Å²) in [5.74, 6) is -0.453. The van der Waals surface area contributed by atoms with Crippen LogP contribution >= 0.6 is 0 Å². The van der Waals surface area contributed by atoms with Gasteiger partial charge in [0, 0.05) is 6.54 Å². The topological polar surface area (TPSA) is 66.8 Å². The highest BCUT2D eigenvalue weighted by molar-refractivity contribution is 5.82. The minimum absolute atomic E-state index is 0.416. The van der Waals surface area contributed by atoms with E-state index in [0.717, 1.165) is 4.90 Å². The summed E-state index contributed by atoms with van der Waals surface area (Å²) < 4.78 is 5.08. The summed E-state index contributed by atoms with van der Waals surface area (Å²) >= 11 is 0. The highest BCUT2D eigenvalue weighted by Gasteiger charge is 2.40. The SMILES string of the molecule is CC(C)(C)OC(=O)C1CCN1C(=O)O. The van der Waals surface area contributed by atoms with Crippen molar-refractivity contribution in [2.75, 3.05) is 6.54 Å². The first-order valence-corrected chi connectivity index (χ1v) is 4.54. The molecule has 1 amide bonds. The molecule has 0 aromatic carbocycles. The molecule has 0 saturated carbocycles. The zero-order valence-electron chi connectivity index (χ0n) is 8.61. The van der Waals surface area contributed by atoms with Crippen molar-refractivity contribution in [2.45, 2.75) is 38.8 Å². The Kier molecular flexibility index (Phi) is 2.69. The fourth-order valence-electron chi connectivity index (χ4n) is 1.23. The van der Waals surface area contributed by atoms with Crippen molar-refractivity contribution in [2.24, 2.45) is 0 Å². The highest BCUT2D eigenvalue weighted by atomic mass is 16.6. The van der Waals surface area contributed by atoms with Gasteiger partial charge in [-0.1, -0.05) is 0 Å². The second-order valence-electron chi connectivity index (χ2n) is 4.31. The molecule has 5 heteroatoms. The lowest BCUT2D eigenvalue weighted by Gasteiger charge is -2.38. The van der Waals surface area contributed by atoms with Crippen LogP contribution in [0.15, 0.2) is 0 Å². The van der Waals surface area contributed by atoms with E-state index < -0.39 is 23.7 Å². The Labute approximate surface area is 82.6 Å². The molecule has 5 nitrogen and oxygen atoms in total. The van der Waals surface area contributed by atoms with Crippen LogP contribution in [0.4, 0.5) is 4.79 Å². The second kappa shape index (κ2) is 3.48. The average molecular weight is 201 g/mol. The molecule has 80 valence electrons. The monoisotopic (exact) mass is 201 g/mol. The van der Waals surface area contributed by atoms with Gasteiger partial charge in [-0.05, 0) is 27.2 Å². The maximum Gasteiger partial charge on any atom is 0.408 e. The van der Waals surface area contributed by atoms with Gasteiger partial charge in [-0.2, -0.15) is 0 Å². The Balaban J connectivity index is 2.51. The van der Waals surface area contributed by atoms with Crippen LogP contribution < -0.4 is 0 Å². The zero-order chi connectivity index (χ0) is 10.9. The number of rotatable bonds is 1. The molecule has 14 heavy (non-hydrogen) atoms. The van der Waals surface area contributed by atoms with Crippen LogP contribution in [0, 0.1) is 0 Å². The van der Waals surface area contributed by atoms with E-state index in [1.54, 1.807) is 20.8 Å². The summed E-state index contributed by atoms with van der Waals surface area (Å²) in [7, 11) is 0. The molecule has 1 fully saturated rings. The van der Waals surface area contributed by atoms with Gasteiger partial charge < -0.3 is 9.84 Å². The normalized spacial score (nSPS) is 21.4. The van der Waals surface area contributed by atoms with Gasteiger partial charge in [0.05, 0.1) is 0 Å². The smallest absolute Gasteiger partial charge is 0.408 e. The Morgan fingerprint density at radius 2 is 2.00 bits per heavy atom. The van der Waals surface area contributed by atoms with Crippen LogP contribution in [-0.2, 0) is 9.53 Å². The molecule has 1 rings (SSSR count). The number of carboxylic acid groups (broad SMARTS) is 1. The molecule has 1 aliphatic heterocycles. The first-order valence-electron chi connectivity index (χ1n) is 4.54. The van der Waals surface area contributed by atoms with Crippen LogP contribution in [0.25, 0.3) is 0 Å². The lowest BCUT2D eigenvalue weighted by atomic mass is 10.0. The molecule has 0 aromatic heterocycles. The average Bonchev–Trinajstić information content (AvgIpc) is 1.75. The molecule has 1 unspecified atom stereocenters. The van der Waals surface area contributed by atoms with Crippen molar-refractivity contribution in [1.82, 2.24) is 4.90 Å². The number of carbonyl (C=O) groups excluding carboxylic acids is 1. The van der Waals surface area contributed by atoms with Crippen LogP contribution in [0.5, 0.6) is 0 Å². The van der Waals surface area contributed by atoms with Gasteiger partial charge in [0.1, 0.15) is 11.6 Å². The quantitative estimate of drug-likeness (QED) is 0.644. The molecule has 1 atom stereocenters. The van der Waals surface area contributed by atoms with Gasteiger partial charge in [0.25, 0.3) is 0 Å². The third-order valence-electron chi connectivity index (χ3n) is 1.94. The summed E-state index contributed by atoms with van der Waals surface area (Å²) in [5.41, 5.74) is -0.559. The molecule has 1 N–H and O–H groups in total. The maximum atomic E-state index is 11.4. The van der Waals surface area contributed by atoms with Crippen LogP contribution in [0.1, 0.15) is 27.2 Å². The standard InChI is InChI=1S/C9H15NO4/c1-9(2,3)14-7(11)6-4-5-10(6)8(12)13/h6H,4-5H2,1-3H3,(H,12,13). The number of likely N-dealkylation sites (tertiary alicyclic amines) is 1. The van der Waals surface area contributed by atoms with Gasteiger partial charge in [0.2, 0.25) is 0 Å². The maximum absolute atomic E-state index is 11.4. The molecule has 1 heterocycles. The van der Waals surface area contributed by atoms with Crippen molar-refractivity contribution < 1.29 is 19.4 Å². The Morgan fingerprint density at radius 3 is 2.29 bits per heavy atom. The molecule has 0 bridgehead atoms. The summed E-state index contributed by atoms with van der Waals surface area (Å²) in [5, 5.41) is 8.67. The number of esters is 1. The third-order valence-corrected chi connectivity index (χ3v) is 1.94. The van der Waals surface area contributed by atoms with Gasteiger partial charge in [-0.3, -0.25) is 4.90 Å². The number of hydrogen-bond donors (Lipinski definition) is 1. The minimum atomic E-state index is -1.06. The van der Waals surface area contributed by atoms with E-state index in [1.165, 1.54) is 0 Å². The Morgan fingerprint density at radius 1 is 1.43 bits per heavy atom. The number of carbonyl (C=O) groups is 2. The van der Waals surface area contributed by atoms with E-state index in [-0.39, 0.29) is 0 Å². The second-order valence-corrected chi connectivity index (χ2v) is 4.31. The van der Waals surface area contributed by atoms with E-state index in [9.17, 15) is 9.59 Å². The molecule has 1 saturated heterocycles. The zero-order valence-corrected chi connectivity index (χ0v) is 8.61. The van der Waals surface area contributed by atoms with Crippen molar-refractivity contribution in [3.05, 3.63) is 0 Å². The van der Waals surface area contributed by atoms with Gasteiger partial charge >= 0.3 is 12.1 Å². The van der Waals surface area contributed by atoms with Gasteiger partial charge in [-0.25, -0.2) is 9.59 Å². The molecule has 0 aliphatic carbocycles. The van der Waals surface area contributed by atoms with Gasteiger partial charge in [-0.15, -0.1) is 0 Å². The first kappa shape index (κ1) is 10.8. The number of nitrogens with zero attached hydrogens (tertiary/aromatic N) is 1. The Bertz CT molecular complexity index is 256. The Hall–Kier alpha value is -1.26. The van der Waals surface area contributed by atoms with E-state index in [1.807, 2.05) is 0 Å². The van der Waals surface area contributed by atoms with Crippen LogP contribution in [-0.4, -0.2) is 40.3 Å². The molecule has 1 aliphatic rings. The van der Waals surface area contributed by atoms with Gasteiger partial charge in [0.15, 0.2) is 0 Å². The van der Waals surface area contributed by atoms with Crippen molar-refractivity contribution in [1.29, 1.82) is 0 Å². The fourth-order valence-corrected chi connectivity index (χ4v) is 1.23. The van der Waals surface area contributed by atoms with E-state index in [0.29, 0.717) is 13.0 Å². The molecular weight excluding hydrogens is 186 g/mol. The summed E-state index contributed by atoms with van der Waals surface area (Å²) in [6.07, 6.45) is -0.506. The minimum Gasteiger partial charge on any atom is -0.465 e. The predicted octanol–water partition coefficient (Wildman–Crippen LogP) is 1.08. The summed E-state index contributed by atoms with van der Waals surface area (Å²) in [6.45, 7) is 5.69. The fraction of sp³-hybridized carbons (Fsp3) is 0.778. The summed E-state index contributed by atoms with van der Waals surface area (Å²) in [4.78, 5) is 23.1.